The Kier molecular flexibility index (Phi) is 7.41. The van der Waals surface area contributed by atoms with Gasteiger partial charge in [-0.3, -0.25) is 4.79 Å². The summed E-state index contributed by atoms with van der Waals surface area (Å²) in [4.78, 5) is 11.0. The molecule has 0 amide bonds. The minimum Gasteiger partial charge on any atom is -0.491 e. The molecule has 1 aromatic carbocycles. The Morgan fingerprint density at radius 3 is 2.47 bits per heavy atom. The minimum atomic E-state index is -0.281. The third-order valence-corrected chi connectivity index (χ3v) is 3.60. The molecule has 0 saturated carbocycles. The SMILES string of the molecule is CCNCc1cc(Br)c(OCCC(=O)OC)c(Br)c1. The van der Waals surface area contributed by atoms with Crippen molar-refractivity contribution in [1.29, 1.82) is 0 Å². The minimum absolute atomic E-state index is 0.231. The molecule has 19 heavy (non-hydrogen) atoms. The molecule has 0 aliphatic carbocycles. The number of rotatable bonds is 7. The van der Waals surface area contributed by atoms with Crippen LogP contribution in [0.2, 0.25) is 0 Å². The number of carbonyl (C=O) groups excluding carboxylic acids is 1. The van der Waals surface area contributed by atoms with Crippen LogP contribution in [0.15, 0.2) is 21.1 Å². The van der Waals surface area contributed by atoms with Crippen LogP contribution < -0.4 is 10.1 Å². The van der Waals surface area contributed by atoms with Crippen LogP contribution in [-0.2, 0) is 16.1 Å². The number of benzene rings is 1. The van der Waals surface area contributed by atoms with Crippen molar-refractivity contribution >= 4 is 37.8 Å². The molecule has 0 bridgehead atoms. The number of halogens is 2. The van der Waals surface area contributed by atoms with Crippen molar-refractivity contribution in [2.45, 2.75) is 19.9 Å². The lowest BCUT2D eigenvalue weighted by Gasteiger charge is -2.12. The van der Waals surface area contributed by atoms with E-state index in [4.69, 9.17) is 4.74 Å². The van der Waals surface area contributed by atoms with Crippen LogP contribution in [-0.4, -0.2) is 26.2 Å². The standard InChI is InChI=1S/C13H17Br2NO3/c1-3-16-8-9-6-10(14)13(11(15)7-9)19-5-4-12(17)18-2/h6-7,16H,3-5,8H2,1-2H3. The molecular formula is C13H17Br2NO3. The van der Waals surface area contributed by atoms with E-state index in [1.165, 1.54) is 7.11 Å². The summed E-state index contributed by atoms with van der Waals surface area (Å²) in [5.74, 6) is 0.417. The van der Waals surface area contributed by atoms with Gasteiger partial charge in [0.2, 0.25) is 0 Å². The Morgan fingerprint density at radius 2 is 1.95 bits per heavy atom. The van der Waals surface area contributed by atoms with Gasteiger partial charge in [0.05, 0.1) is 29.1 Å². The van der Waals surface area contributed by atoms with Crippen LogP contribution in [0.1, 0.15) is 18.9 Å². The first-order valence-corrected chi connectivity index (χ1v) is 7.55. The summed E-state index contributed by atoms with van der Waals surface area (Å²) in [5.41, 5.74) is 1.15. The number of hydrogen-bond donors (Lipinski definition) is 1. The zero-order valence-electron chi connectivity index (χ0n) is 11.0. The van der Waals surface area contributed by atoms with Gasteiger partial charge in [0.15, 0.2) is 0 Å². The zero-order chi connectivity index (χ0) is 14.3. The van der Waals surface area contributed by atoms with Crippen LogP contribution >= 0.6 is 31.9 Å². The molecule has 0 aromatic heterocycles. The van der Waals surface area contributed by atoms with Crippen LogP contribution in [0.4, 0.5) is 0 Å². The highest BCUT2D eigenvalue weighted by Crippen LogP contribution is 2.34. The van der Waals surface area contributed by atoms with Crippen molar-refractivity contribution in [3.63, 3.8) is 0 Å². The van der Waals surface area contributed by atoms with E-state index in [1.807, 2.05) is 12.1 Å². The van der Waals surface area contributed by atoms with Gasteiger partial charge >= 0.3 is 5.97 Å². The third kappa shape index (κ3) is 5.50. The maximum atomic E-state index is 11.0. The molecule has 1 N–H and O–H groups in total. The first-order chi connectivity index (χ1) is 9.08. The van der Waals surface area contributed by atoms with Gasteiger partial charge < -0.3 is 14.8 Å². The highest BCUT2D eigenvalue weighted by Gasteiger charge is 2.10. The monoisotopic (exact) mass is 393 g/mol. The summed E-state index contributed by atoms with van der Waals surface area (Å²) < 4.78 is 11.9. The lowest BCUT2D eigenvalue weighted by Crippen LogP contribution is -2.12. The first-order valence-electron chi connectivity index (χ1n) is 5.96. The summed E-state index contributed by atoms with van der Waals surface area (Å²) >= 11 is 6.95. The van der Waals surface area contributed by atoms with Gasteiger partial charge in [0, 0.05) is 6.54 Å². The second-order valence-electron chi connectivity index (χ2n) is 3.84. The number of hydrogen-bond acceptors (Lipinski definition) is 4. The van der Waals surface area contributed by atoms with Crippen molar-refractivity contribution in [3.05, 3.63) is 26.6 Å². The maximum absolute atomic E-state index is 11.0. The van der Waals surface area contributed by atoms with Gasteiger partial charge in [0.25, 0.3) is 0 Å². The molecule has 1 aromatic rings. The summed E-state index contributed by atoms with van der Waals surface area (Å²) in [6, 6.07) is 4.00. The summed E-state index contributed by atoms with van der Waals surface area (Å²) in [7, 11) is 1.36. The van der Waals surface area contributed by atoms with Gasteiger partial charge in [0.1, 0.15) is 5.75 Å². The average molecular weight is 395 g/mol. The molecule has 6 heteroatoms. The number of ether oxygens (including phenoxy) is 2. The molecule has 0 spiro atoms. The van der Waals surface area contributed by atoms with Gasteiger partial charge in [-0.2, -0.15) is 0 Å². The first kappa shape index (κ1) is 16.5. The molecule has 0 saturated heterocycles. The van der Waals surface area contributed by atoms with Crippen LogP contribution in [0.3, 0.4) is 0 Å². The van der Waals surface area contributed by atoms with E-state index in [-0.39, 0.29) is 19.0 Å². The lowest BCUT2D eigenvalue weighted by atomic mass is 10.2. The van der Waals surface area contributed by atoms with E-state index in [1.54, 1.807) is 0 Å². The molecule has 4 nitrogen and oxygen atoms in total. The Hall–Kier alpha value is -0.590. The van der Waals surface area contributed by atoms with Gasteiger partial charge in [-0.1, -0.05) is 6.92 Å². The molecule has 0 aliphatic heterocycles. The van der Waals surface area contributed by atoms with Crippen LogP contribution in [0.25, 0.3) is 0 Å². The van der Waals surface area contributed by atoms with Crippen molar-refractivity contribution < 1.29 is 14.3 Å². The van der Waals surface area contributed by atoms with Gasteiger partial charge in [-0.05, 0) is 56.1 Å². The molecule has 0 unspecified atom stereocenters. The second-order valence-corrected chi connectivity index (χ2v) is 5.55. The van der Waals surface area contributed by atoms with E-state index in [9.17, 15) is 4.79 Å². The van der Waals surface area contributed by atoms with E-state index in [0.29, 0.717) is 5.75 Å². The lowest BCUT2D eigenvalue weighted by molar-refractivity contribution is -0.141. The van der Waals surface area contributed by atoms with Crippen molar-refractivity contribution in [2.24, 2.45) is 0 Å². The Labute approximate surface area is 130 Å². The summed E-state index contributed by atoms with van der Waals surface area (Å²) in [5, 5.41) is 3.26. The number of nitrogens with one attached hydrogen (secondary N) is 1. The van der Waals surface area contributed by atoms with Crippen molar-refractivity contribution in [3.8, 4) is 5.75 Å². The summed E-state index contributed by atoms with van der Waals surface area (Å²) in [6.07, 6.45) is 0.231. The van der Waals surface area contributed by atoms with Crippen molar-refractivity contribution in [1.82, 2.24) is 5.32 Å². The smallest absolute Gasteiger partial charge is 0.308 e. The van der Waals surface area contributed by atoms with E-state index in [0.717, 1.165) is 27.6 Å². The van der Waals surface area contributed by atoms with E-state index < -0.39 is 0 Å². The fraction of sp³-hybridized carbons (Fsp3) is 0.462. The molecule has 0 aliphatic rings. The topological polar surface area (TPSA) is 47.6 Å². The maximum Gasteiger partial charge on any atom is 0.308 e. The highest BCUT2D eigenvalue weighted by molar-refractivity contribution is 9.11. The molecular weight excluding hydrogens is 378 g/mol. The fourth-order valence-electron chi connectivity index (χ4n) is 1.46. The Bertz CT molecular complexity index is 415. The van der Waals surface area contributed by atoms with Crippen LogP contribution in [0, 0.1) is 0 Å². The number of esters is 1. The molecule has 0 atom stereocenters. The molecule has 0 radical (unpaired) electrons. The van der Waals surface area contributed by atoms with Gasteiger partial charge in [-0.15, -0.1) is 0 Å². The Morgan fingerprint density at radius 1 is 1.32 bits per heavy atom. The molecule has 1 rings (SSSR count). The zero-order valence-corrected chi connectivity index (χ0v) is 14.1. The number of methoxy groups -OCH3 is 1. The van der Waals surface area contributed by atoms with E-state index in [2.05, 4.69) is 48.8 Å². The predicted octanol–water partition coefficient (Wildman–Crippen LogP) is 3.26. The third-order valence-electron chi connectivity index (χ3n) is 2.42. The molecule has 0 heterocycles. The van der Waals surface area contributed by atoms with Crippen molar-refractivity contribution in [2.75, 3.05) is 20.3 Å². The average Bonchev–Trinajstić information content (AvgIpc) is 2.39. The normalized spacial score (nSPS) is 10.3. The summed E-state index contributed by atoms with van der Waals surface area (Å²) in [6.45, 7) is 4.08. The molecule has 106 valence electrons. The van der Waals surface area contributed by atoms with Crippen LogP contribution in [0.5, 0.6) is 5.75 Å². The molecule has 0 fully saturated rings. The van der Waals surface area contributed by atoms with E-state index >= 15 is 0 Å². The van der Waals surface area contributed by atoms with Gasteiger partial charge in [-0.25, -0.2) is 0 Å². The second kappa shape index (κ2) is 8.55. The largest absolute Gasteiger partial charge is 0.491 e. The fourth-order valence-corrected chi connectivity index (χ4v) is 2.97. The number of carbonyl (C=O) groups is 1. The predicted molar refractivity (Wildman–Crippen MR) is 81.4 cm³/mol. The quantitative estimate of drug-likeness (QED) is 0.721. The Balaban J connectivity index is 2.66. The highest BCUT2D eigenvalue weighted by atomic mass is 79.9.